The van der Waals surface area contributed by atoms with Crippen molar-refractivity contribution >= 4 is 23.0 Å². The number of thioether (sulfide) groups is 1. The van der Waals surface area contributed by atoms with Crippen LogP contribution in [0.5, 0.6) is 0 Å². The number of carbonyl (C=O) groups excluding carboxylic acids is 2. The van der Waals surface area contributed by atoms with E-state index in [2.05, 4.69) is 41.7 Å². The number of rotatable bonds is 11. The van der Waals surface area contributed by atoms with E-state index in [0.29, 0.717) is 6.61 Å². The molecule has 0 saturated heterocycles. The monoisotopic (exact) mass is 533 g/mol. The third-order valence-electron chi connectivity index (χ3n) is 5.95. The van der Waals surface area contributed by atoms with E-state index in [1.807, 2.05) is 68.4 Å². The van der Waals surface area contributed by atoms with Crippen LogP contribution in [0.15, 0.2) is 91.0 Å². The van der Waals surface area contributed by atoms with Gasteiger partial charge in [-0.3, -0.25) is 4.79 Å². The van der Waals surface area contributed by atoms with Gasteiger partial charge in [0.2, 0.25) is 5.12 Å². The maximum atomic E-state index is 12.5. The van der Waals surface area contributed by atoms with Crippen molar-refractivity contribution in [2.45, 2.75) is 63.4 Å². The Morgan fingerprint density at radius 2 is 1.18 bits per heavy atom. The zero-order valence-electron chi connectivity index (χ0n) is 23.0. The van der Waals surface area contributed by atoms with Crippen molar-refractivity contribution in [3.63, 3.8) is 0 Å². The van der Waals surface area contributed by atoms with Gasteiger partial charge in [0.05, 0.1) is 6.54 Å². The summed E-state index contributed by atoms with van der Waals surface area (Å²) < 4.78 is 11.7. The maximum absolute atomic E-state index is 12.5. The van der Waals surface area contributed by atoms with Gasteiger partial charge in [-0.25, -0.2) is 4.79 Å². The quantitative estimate of drug-likeness (QED) is 0.206. The van der Waals surface area contributed by atoms with Crippen LogP contribution in [0.1, 0.15) is 64.2 Å². The fourth-order valence-electron chi connectivity index (χ4n) is 4.35. The van der Waals surface area contributed by atoms with Crippen LogP contribution >= 0.6 is 11.8 Å². The molecular weight excluding hydrogens is 494 g/mol. The molecule has 38 heavy (non-hydrogen) atoms. The fourth-order valence-corrected chi connectivity index (χ4v) is 5.35. The van der Waals surface area contributed by atoms with Gasteiger partial charge in [-0.15, -0.1) is 0 Å². The summed E-state index contributed by atoms with van der Waals surface area (Å²) in [6, 6.07) is 30.9. The minimum absolute atomic E-state index is 0.0708. The van der Waals surface area contributed by atoms with Gasteiger partial charge >= 0.3 is 6.09 Å². The molecule has 3 aromatic rings. The lowest BCUT2D eigenvalue weighted by atomic mass is 9.80. The SMILES string of the molecule is CC(C)(C)OC(=O)NCC(=O)SC(C)(C)CCCOC(c1ccccc1)(c1ccccc1)c1ccccc1. The molecule has 0 aromatic heterocycles. The van der Waals surface area contributed by atoms with Gasteiger partial charge in [0.25, 0.3) is 0 Å². The number of ether oxygens (including phenoxy) is 2. The van der Waals surface area contributed by atoms with Gasteiger partial charge in [0, 0.05) is 11.4 Å². The molecule has 0 unspecified atom stereocenters. The normalized spacial score (nSPS) is 12.1. The van der Waals surface area contributed by atoms with E-state index >= 15 is 0 Å². The summed E-state index contributed by atoms with van der Waals surface area (Å²) in [5, 5.41) is 2.44. The summed E-state index contributed by atoms with van der Waals surface area (Å²) in [4.78, 5) is 24.4. The zero-order valence-corrected chi connectivity index (χ0v) is 23.8. The van der Waals surface area contributed by atoms with Crippen LogP contribution in [0.25, 0.3) is 0 Å². The van der Waals surface area contributed by atoms with Gasteiger partial charge in [-0.1, -0.05) is 117 Å². The second-order valence-corrected chi connectivity index (χ2v) is 12.6. The lowest BCUT2D eigenvalue weighted by Crippen LogP contribution is -2.35. The molecule has 0 aliphatic carbocycles. The number of carbonyl (C=O) groups is 2. The van der Waals surface area contributed by atoms with Crippen molar-refractivity contribution in [3.05, 3.63) is 108 Å². The van der Waals surface area contributed by atoms with Gasteiger partial charge in [-0.2, -0.15) is 0 Å². The summed E-state index contributed by atoms with van der Waals surface area (Å²) in [7, 11) is 0. The standard InChI is InChI=1S/C32H39NO4S/c1-30(2,3)37-29(35)33-24-28(34)38-31(4,5)22-15-23-36-32(25-16-9-6-10-17-25,26-18-11-7-12-19-26)27-20-13-8-14-21-27/h6-14,16-21H,15,22-24H2,1-5H3,(H,33,35). The Bertz CT molecular complexity index is 1060. The first-order valence-electron chi connectivity index (χ1n) is 13.0. The van der Waals surface area contributed by atoms with Crippen molar-refractivity contribution in [1.29, 1.82) is 0 Å². The second-order valence-electron chi connectivity index (χ2n) is 10.8. The molecule has 0 heterocycles. The van der Waals surface area contributed by atoms with Crippen LogP contribution in [0.2, 0.25) is 0 Å². The van der Waals surface area contributed by atoms with Crippen LogP contribution in [0.4, 0.5) is 4.79 Å². The van der Waals surface area contributed by atoms with Crippen molar-refractivity contribution in [2.75, 3.05) is 13.2 Å². The molecule has 1 N–H and O–H groups in total. The molecule has 0 aliphatic heterocycles. The first kappa shape index (κ1) is 29.5. The van der Waals surface area contributed by atoms with Gasteiger partial charge in [-0.05, 0) is 50.3 Å². The molecular formula is C32H39NO4S. The van der Waals surface area contributed by atoms with Crippen molar-refractivity contribution < 1.29 is 19.1 Å². The van der Waals surface area contributed by atoms with Gasteiger partial charge in [0.15, 0.2) is 0 Å². The van der Waals surface area contributed by atoms with E-state index in [1.54, 1.807) is 20.8 Å². The zero-order chi connectivity index (χ0) is 27.7. The predicted octanol–water partition coefficient (Wildman–Crippen LogP) is 7.34. The van der Waals surface area contributed by atoms with E-state index in [4.69, 9.17) is 9.47 Å². The van der Waals surface area contributed by atoms with Crippen molar-refractivity contribution in [1.82, 2.24) is 5.32 Å². The Morgan fingerprint density at radius 1 is 0.737 bits per heavy atom. The lowest BCUT2D eigenvalue weighted by molar-refractivity contribution is -0.110. The van der Waals surface area contributed by atoms with Crippen molar-refractivity contribution in [2.24, 2.45) is 0 Å². The molecule has 5 nitrogen and oxygen atoms in total. The van der Waals surface area contributed by atoms with Crippen LogP contribution in [0.3, 0.4) is 0 Å². The molecule has 0 fully saturated rings. The molecule has 0 atom stereocenters. The highest BCUT2D eigenvalue weighted by Gasteiger charge is 2.37. The number of nitrogens with one attached hydrogen (secondary N) is 1. The van der Waals surface area contributed by atoms with Gasteiger partial charge < -0.3 is 14.8 Å². The minimum atomic E-state index is -0.756. The number of hydrogen-bond acceptors (Lipinski definition) is 5. The van der Waals surface area contributed by atoms with E-state index in [0.717, 1.165) is 29.5 Å². The summed E-state index contributed by atoms with van der Waals surface area (Å²) >= 11 is 1.24. The summed E-state index contributed by atoms with van der Waals surface area (Å²) in [6.45, 7) is 9.89. The van der Waals surface area contributed by atoms with Crippen LogP contribution in [-0.2, 0) is 19.9 Å². The largest absolute Gasteiger partial charge is 0.444 e. The minimum Gasteiger partial charge on any atom is -0.444 e. The summed E-state index contributed by atoms with van der Waals surface area (Å²) in [5.41, 5.74) is 1.83. The maximum Gasteiger partial charge on any atom is 0.408 e. The molecule has 0 radical (unpaired) electrons. The van der Waals surface area contributed by atoms with E-state index in [1.165, 1.54) is 11.8 Å². The molecule has 0 aliphatic rings. The van der Waals surface area contributed by atoms with Crippen LogP contribution in [0, 0.1) is 0 Å². The highest BCUT2D eigenvalue weighted by Crippen LogP contribution is 2.41. The molecule has 0 saturated carbocycles. The molecule has 6 heteroatoms. The van der Waals surface area contributed by atoms with E-state index in [-0.39, 0.29) is 16.4 Å². The molecule has 202 valence electrons. The Hall–Kier alpha value is -3.09. The van der Waals surface area contributed by atoms with Crippen LogP contribution in [-0.4, -0.2) is 34.7 Å². The smallest absolute Gasteiger partial charge is 0.408 e. The third-order valence-corrected chi connectivity index (χ3v) is 7.08. The van der Waals surface area contributed by atoms with Crippen molar-refractivity contribution in [3.8, 4) is 0 Å². The predicted molar refractivity (Wildman–Crippen MR) is 155 cm³/mol. The molecule has 0 bridgehead atoms. The third kappa shape index (κ3) is 8.47. The molecule has 3 rings (SSSR count). The fraction of sp³-hybridized carbons (Fsp3) is 0.375. The van der Waals surface area contributed by atoms with Gasteiger partial charge in [0.1, 0.15) is 11.2 Å². The average Bonchev–Trinajstić information content (AvgIpc) is 2.88. The van der Waals surface area contributed by atoms with E-state index in [9.17, 15) is 9.59 Å². The summed E-state index contributed by atoms with van der Waals surface area (Å²) in [5.74, 6) is 0. The Balaban J connectivity index is 1.68. The number of amides is 1. The molecule has 1 amide bonds. The van der Waals surface area contributed by atoms with E-state index < -0.39 is 17.3 Å². The topological polar surface area (TPSA) is 64.6 Å². The Kier molecular flexibility index (Phi) is 10.2. The lowest BCUT2D eigenvalue weighted by Gasteiger charge is -2.36. The number of hydrogen-bond donors (Lipinski definition) is 1. The molecule has 0 spiro atoms. The second kappa shape index (κ2) is 13.1. The average molecular weight is 534 g/mol. The summed E-state index contributed by atoms with van der Waals surface area (Å²) in [6.07, 6.45) is 0.947. The van der Waals surface area contributed by atoms with Crippen LogP contribution < -0.4 is 5.32 Å². The Labute approximate surface area is 231 Å². The first-order chi connectivity index (χ1) is 18.0. The number of alkyl carbamates (subject to hydrolysis) is 1. The molecule has 3 aromatic carbocycles. The number of benzene rings is 3. The first-order valence-corrected chi connectivity index (χ1v) is 13.8. The Morgan fingerprint density at radius 3 is 1.61 bits per heavy atom. The highest BCUT2D eigenvalue weighted by atomic mass is 32.2. The highest BCUT2D eigenvalue weighted by molar-refractivity contribution is 8.14.